The number of ether oxygens (including phenoxy) is 1. The molecule has 0 fully saturated rings. The van der Waals surface area contributed by atoms with E-state index in [1.165, 1.54) is 6.08 Å². The van der Waals surface area contributed by atoms with Gasteiger partial charge in [0, 0.05) is 6.04 Å². The van der Waals surface area contributed by atoms with Crippen molar-refractivity contribution in [2.45, 2.75) is 32.7 Å². The average Bonchev–Trinajstić information content (AvgIpc) is 2.42. The van der Waals surface area contributed by atoms with Crippen LogP contribution in [0.2, 0.25) is 0 Å². The van der Waals surface area contributed by atoms with E-state index < -0.39 is 0 Å². The normalized spacial score (nSPS) is 12.2. The first-order valence-corrected chi connectivity index (χ1v) is 6.99. The summed E-state index contributed by atoms with van der Waals surface area (Å²) in [5, 5.41) is 9.80. The van der Waals surface area contributed by atoms with E-state index in [4.69, 9.17) is 4.74 Å². The van der Waals surface area contributed by atoms with Crippen molar-refractivity contribution in [3.63, 3.8) is 0 Å². The maximum atomic E-state index is 9.80. The predicted molar refractivity (Wildman–Crippen MR) is 84.2 cm³/mol. The van der Waals surface area contributed by atoms with Crippen molar-refractivity contribution in [3.8, 4) is 11.5 Å². The lowest BCUT2D eigenvalue weighted by molar-refractivity contribution is 0.256. The highest BCUT2D eigenvalue weighted by molar-refractivity contribution is 5.43. The molecular formula is C17H25NO2. The molecule has 0 heterocycles. The van der Waals surface area contributed by atoms with E-state index in [0.717, 1.165) is 24.9 Å². The fraction of sp³-hybridized carbons (Fsp3) is 0.412. The second kappa shape index (κ2) is 7.75. The van der Waals surface area contributed by atoms with E-state index in [2.05, 4.69) is 39.0 Å². The molecule has 0 saturated carbocycles. The molecule has 1 atom stereocenters. The van der Waals surface area contributed by atoms with Gasteiger partial charge in [-0.2, -0.15) is 0 Å². The van der Waals surface area contributed by atoms with Gasteiger partial charge in [0.05, 0.1) is 0 Å². The molecule has 0 spiro atoms. The van der Waals surface area contributed by atoms with Gasteiger partial charge in [-0.15, -0.1) is 0 Å². The molecule has 20 heavy (non-hydrogen) atoms. The van der Waals surface area contributed by atoms with Gasteiger partial charge in [-0.25, -0.2) is 0 Å². The standard InChI is InChI=1S/C17H25NO2/c1-6-10-18(5)13(3)11-15-8-9-16(19)17(12-15)20-14(4)7-2/h7-9,12-13,19H,2,4,6,10-11H2,1,3,5H3. The number of likely N-dealkylation sites (N-methyl/N-ethyl adjacent to an activating group) is 1. The molecule has 0 aliphatic carbocycles. The van der Waals surface area contributed by atoms with Crippen LogP contribution in [-0.4, -0.2) is 29.6 Å². The number of hydrogen-bond acceptors (Lipinski definition) is 3. The molecule has 1 N–H and O–H groups in total. The van der Waals surface area contributed by atoms with Crippen LogP contribution in [0.3, 0.4) is 0 Å². The number of phenolic OH excluding ortho intramolecular Hbond substituents is 1. The van der Waals surface area contributed by atoms with Crippen molar-refractivity contribution >= 4 is 0 Å². The third kappa shape index (κ3) is 4.74. The third-order valence-corrected chi connectivity index (χ3v) is 3.35. The summed E-state index contributed by atoms with van der Waals surface area (Å²) in [5.41, 5.74) is 1.13. The van der Waals surface area contributed by atoms with Crippen molar-refractivity contribution in [1.82, 2.24) is 4.90 Å². The van der Waals surface area contributed by atoms with Crippen LogP contribution < -0.4 is 4.74 Å². The molecule has 0 bridgehead atoms. The molecule has 1 rings (SSSR count). The van der Waals surface area contributed by atoms with Crippen molar-refractivity contribution in [2.24, 2.45) is 0 Å². The largest absolute Gasteiger partial charge is 0.504 e. The number of hydrogen-bond donors (Lipinski definition) is 1. The zero-order chi connectivity index (χ0) is 15.1. The van der Waals surface area contributed by atoms with Crippen LogP contribution in [0.15, 0.2) is 43.2 Å². The molecule has 0 radical (unpaired) electrons. The molecular weight excluding hydrogens is 250 g/mol. The molecule has 0 aliphatic rings. The van der Waals surface area contributed by atoms with Crippen molar-refractivity contribution in [3.05, 3.63) is 48.8 Å². The quantitative estimate of drug-likeness (QED) is 0.579. The Morgan fingerprint density at radius 1 is 1.50 bits per heavy atom. The summed E-state index contributed by atoms with van der Waals surface area (Å²) in [5.74, 6) is 0.970. The second-order valence-corrected chi connectivity index (χ2v) is 5.11. The Kier molecular flexibility index (Phi) is 6.32. The molecule has 0 amide bonds. The first kappa shape index (κ1) is 16.3. The van der Waals surface area contributed by atoms with E-state index in [1.807, 2.05) is 12.1 Å². The number of benzene rings is 1. The second-order valence-electron chi connectivity index (χ2n) is 5.11. The Labute approximate surface area is 122 Å². The zero-order valence-corrected chi connectivity index (χ0v) is 12.7. The van der Waals surface area contributed by atoms with Crippen molar-refractivity contribution in [2.75, 3.05) is 13.6 Å². The minimum Gasteiger partial charge on any atom is -0.504 e. The molecule has 1 aromatic rings. The molecule has 1 aromatic carbocycles. The van der Waals surface area contributed by atoms with E-state index in [9.17, 15) is 5.11 Å². The van der Waals surface area contributed by atoms with Gasteiger partial charge >= 0.3 is 0 Å². The Morgan fingerprint density at radius 2 is 2.20 bits per heavy atom. The molecule has 0 aliphatic heterocycles. The fourth-order valence-corrected chi connectivity index (χ4v) is 2.02. The number of rotatable bonds is 8. The topological polar surface area (TPSA) is 32.7 Å². The smallest absolute Gasteiger partial charge is 0.169 e. The Balaban J connectivity index is 2.79. The highest BCUT2D eigenvalue weighted by atomic mass is 16.5. The minimum atomic E-state index is 0.117. The van der Waals surface area contributed by atoms with Crippen LogP contribution in [-0.2, 0) is 6.42 Å². The van der Waals surface area contributed by atoms with Gasteiger partial charge < -0.3 is 14.7 Å². The summed E-state index contributed by atoms with van der Waals surface area (Å²) in [6.45, 7) is 12.7. The number of allylic oxidation sites excluding steroid dienone is 1. The lowest BCUT2D eigenvalue weighted by Gasteiger charge is -2.24. The maximum absolute atomic E-state index is 9.80. The molecule has 0 aromatic heterocycles. The van der Waals surface area contributed by atoms with Crippen LogP contribution >= 0.6 is 0 Å². The van der Waals surface area contributed by atoms with Crippen LogP contribution in [0.25, 0.3) is 0 Å². The summed E-state index contributed by atoms with van der Waals surface area (Å²) in [6, 6.07) is 5.89. The lowest BCUT2D eigenvalue weighted by Crippen LogP contribution is -2.31. The lowest BCUT2D eigenvalue weighted by atomic mass is 10.1. The highest BCUT2D eigenvalue weighted by Crippen LogP contribution is 2.29. The van der Waals surface area contributed by atoms with Crippen LogP contribution in [0, 0.1) is 0 Å². The molecule has 0 saturated heterocycles. The van der Waals surface area contributed by atoms with E-state index in [0.29, 0.717) is 17.6 Å². The van der Waals surface area contributed by atoms with E-state index in [-0.39, 0.29) is 5.75 Å². The fourth-order valence-electron chi connectivity index (χ4n) is 2.02. The first-order chi connectivity index (χ1) is 9.47. The third-order valence-electron chi connectivity index (χ3n) is 3.35. The first-order valence-electron chi connectivity index (χ1n) is 6.99. The Bertz CT molecular complexity index is 468. The van der Waals surface area contributed by atoms with Gasteiger partial charge in [-0.3, -0.25) is 0 Å². The summed E-state index contributed by atoms with van der Waals surface area (Å²) in [7, 11) is 2.13. The van der Waals surface area contributed by atoms with Crippen LogP contribution in [0.4, 0.5) is 0 Å². The van der Waals surface area contributed by atoms with Gasteiger partial charge in [0.2, 0.25) is 0 Å². The van der Waals surface area contributed by atoms with E-state index >= 15 is 0 Å². The summed E-state index contributed by atoms with van der Waals surface area (Å²) in [4.78, 5) is 2.33. The van der Waals surface area contributed by atoms with Gasteiger partial charge in [0.1, 0.15) is 5.76 Å². The molecule has 1 unspecified atom stereocenters. The highest BCUT2D eigenvalue weighted by Gasteiger charge is 2.11. The monoisotopic (exact) mass is 275 g/mol. The van der Waals surface area contributed by atoms with Gasteiger partial charge in [-0.1, -0.05) is 26.1 Å². The summed E-state index contributed by atoms with van der Waals surface area (Å²) >= 11 is 0. The number of nitrogens with zero attached hydrogens (tertiary/aromatic N) is 1. The molecule has 3 nitrogen and oxygen atoms in total. The minimum absolute atomic E-state index is 0.117. The number of phenols is 1. The maximum Gasteiger partial charge on any atom is 0.169 e. The van der Waals surface area contributed by atoms with E-state index in [1.54, 1.807) is 6.07 Å². The van der Waals surface area contributed by atoms with Crippen LogP contribution in [0.5, 0.6) is 11.5 Å². The average molecular weight is 275 g/mol. The Hall–Kier alpha value is -1.74. The predicted octanol–water partition coefficient (Wildman–Crippen LogP) is 3.74. The number of aromatic hydroxyl groups is 1. The molecule has 3 heteroatoms. The van der Waals surface area contributed by atoms with Crippen molar-refractivity contribution in [1.29, 1.82) is 0 Å². The van der Waals surface area contributed by atoms with Gasteiger partial charge in [0.25, 0.3) is 0 Å². The van der Waals surface area contributed by atoms with Gasteiger partial charge in [-0.05, 0) is 57.1 Å². The van der Waals surface area contributed by atoms with Crippen LogP contribution in [0.1, 0.15) is 25.8 Å². The summed E-state index contributed by atoms with van der Waals surface area (Å²) in [6.07, 6.45) is 3.57. The molecule has 110 valence electrons. The SMILES string of the molecule is C=CC(=C)Oc1cc(CC(C)N(C)CCC)ccc1O. The Morgan fingerprint density at radius 3 is 2.80 bits per heavy atom. The van der Waals surface area contributed by atoms with Gasteiger partial charge in [0.15, 0.2) is 11.5 Å². The summed E-state index contributed by atoms with van der Waals surface area (Å²) < 4.78 is 5.45. The zero-order valence-electron chi connectivity index (χ0n) is 12.7. The van der Waals surface area contributed by atoms with Crippen molar-refractivity contribution < 1.29 is 9.84 Å².